The van der Waals surface area contributed by atoms with Gasteiger partial charge in [-0.05, 0) is 71.0 Å². The number of nitrogens with one attached hydrogen (secondary N) is 1. The van der Waals surface area contributed by atoms with Gasteiger partial charge in [0.15, 0.2) is 0 Å². The number of nitrogens with zero attached hydrogens (tertiary/aromatic N) is 1. The summed E-state index contributed by atoms with van der Waals surface area (Å²) >= 11 is 0. The van der Waals surface area contributed by atoms with Crippen LogP contribution in [0.25, 0.3) is 0 Å². The van der Waals surface area contributed by atoms with Crippen molar-refractivity contribution in [3.8, 4) is 0 Å². The molecule has 0 aliphatic carbocycles. The van der Waals surface area contributed by atoms with Crippen LogP contribution in [-0.2, 0) is 28.6 Å². The third kappa shape index (κ3) is 33.5. The number of amides is 1. The SMILES string of the molecule is CCCCCCCCOC(=O)CCCCCCCN(CCCCCCCOC(=O)C(CCCCC)CCCCCC)CCCNC(=O)COC. The Bertz CT molecular complexity index is 765. The zero-order valence-corrected chi connectivity index (χ0v) is 33.5. The molecule has 1 amide bonds. The Balaban J connectivity index is 4.23. The van der Waals surface area contributed by atoms with E-state index in [1.54, 1.807) is 0 Å². The fraction of sp³-hybridized carbons (Fsp3) is 0.929. The van der Waals surface area contributed by atoms with E-state index in [1.165, 1.54) is 77.7 Å². The number of rotatable bonds is 39. The zero-order chi connectivity index (χ0) is 36.8. The van der Waals surface area contributed by atoms with Gasteiger partial charge in [-0.2, -0.15) is 0 Å². The number of carbonyl (C=O) groups excluding carboxylic acids is 3. The van der Waals surface area contributed by atoms with Crippen LogP contribution in [0.15, 0.2) is 0 Å². The third-order valence-corrected chi connectivity index (χ3v) is 9.62. The largest absolute Gasteiger partial charge is 0.466 e. The van der Waals surface area contributed by atoms with Crippen LogP contribution in [-0.4, -0.2) is 75.9 Å². The highest BCUT2D eigenvalue weighted by Gasteiger charge is 2.19. The molecule has 8 nitrogen and oxygen atoms in total. The summed E-state index contributed by atoms with van der Waals surface area (Å²) in [7, 11) is 1.54. The van der Waals surface area contributed by atoms with E-state index in [-0.39, 0.29) is 30.4 Å². The Morgan fingerprint density at radius 3 is 1.60 bits per heavy atom. The molecule has 1 atom stereocenters. The molecule has 0 saturated heterocycles. The van der Waals surface area contributed by atoms with E-state index in [9.17, 15) is 14.4 Å². The minimum Gasteiger partial charge on any atom is -0.466 e. The topological polar surface area (TPSA) is 94.2 Å². The van der Waals surface area contributed by atoms with Gasteiger partial charge in [0.05, 0.1) is 19.1 Å². The number of ether oxygens (including phenoxy) is 3. The molecule has 1 unspecified atom stereocenters. The van der Waals surface area contributed by atoms with Gasteiger partial charge in [0.2, 0.25) is 5.91 Å². The van der Waals surface area contributed by atoms with E-state index in [1.807, 2.05) is 0 Å². The second kappa shape index (κ2) is 38.6. The quantitative estimate of drug-likeness (QED) is 0.0501. The summed E-state index contributed by atoms with van der Waals surface area (Å²) in [6.45, 7) is 11.7. The molecule has 0 radical (unpaired) electrons. The van der Waals surface area contributed by atoms with Crippen molar-refractivity contribution in [2.24, 2.45) is 5.92 Å². The van der Waals surface area contributed by atoms with Gasteiger partial charge in [-0.15, -0.1) is 0 Å². The van der Waals surface area contributed by atoms with E-state index in [0.29, 0.717) is 26.2 Å². The number of methoxy groups -OCH3 is 1. The van der Waals surface area contributed by atoms with Crippen LogP contribution in [0.1, 0.15) is 194 Å². The van der Waals surface area contributed by atoms with Crippen LogP contribution in [0.3, 0.4) is 0 Å². The van der Waals surface area contributed by atoms with Crippen LogP contribution in [0.2, 0.25) is 0 Å². The second-order valence-electron chi connectivity index (χ2n) is 14.5. The maximum absolute atomic E-state index is 12.8. The van der Waals surface area contributed by atoms with Gasteiger partial charge in [-0.3, -0.25) is 14.4 Å². The Morgan fingerprint density at radius 1 is 0.540 bits per heavy atom. The van der Waals surface area contributed by atoms with Crippen molar-refractivity contribution in [1.82, 2.24) is 10.2 Å². The summed E-state index contributed by atoms with van der Waals surface area (Å²) in [6.07, 6.45) is 30.0. The lowest BCUT2D eigenvalue weighted by molar-refractivity contribution is -0.149. The maximum atomic E-state index is 12.8. The Hall–Kier alpha value is -1.67. The lowest BCUT2D eigenvalue weighted by Crippen LogP contribution is -2.32. The summed E-state index contributed by atoms with van der Waals surface area (Å²) < 4.78 is 16.1. The number of hydrogen-bond acceptors (Lipinski definition) is 7. The van der Waals surface area contributed by atoms with E-state index in [0.717, 1.165) is 116 Å². The van der Waals surface area contributed by atoms with Crippen molar-refractivity contribution in [3.63, 3.8) is 0 Å². The fourth-order valence-electron chi connectivity index (χ4n) is 6.42. The minimum atomic E-state index is -0.0602. The molecule has 0 aromatic rings. The Labute approximate surface area is 309 Å². The molecular weight excluding hydrogens is 628 g/mol. The highest BCUT2D eigenvalue weighted by Crippen LogP contribution is 2.20. The molecular formula is C42H82N2O6. The van der Waals surface area contributed by atoms with Crippen molar-refractivity contribution in [1.29, 1.82) is 0 Å². The summed E-state index contributed by atoms with van der Waals surface area (Å²) in [6, 6.07) is 0. The molecule has 0 spiro atoms. The highest BCUT2D eigenvalue weighted by atomic mass is 16.5. The van der Waals surface area contributed by atoms with E-state index >= 15 is 0 Å². The van der Waals surface area contributed by atoms with E-state index < -0.39 is 0 Å². The van der Waals surface area contributed by atoms with Gasteiger partial charge in [-0.1, -0.05) is 136 Å². The van der Waals surface area contributed by atoms with Gasteiger partial charge in [0.25, 0.3) is 0 Å². The minimum absolute atomic E-state index is 0.0351. The number of hydrogen-bond donors (Lipinski definition) is 1. The standard InChI is InChI=1S/C42H82N2O6/c1-5-8-11-13-19-26-36-49-41(46)31-23-16-14-17-24-33-44(35-28-32-43-40(45)38-48-4)34-25-18-15-20-27-37-50-42(47)39(29-21-10-7-3)30-22-12-9-6-2/h39H,5-38H2,1-4H3,(H,43,45). The molecule has 1 N–H and O–H groups in total. The monoisotopic (exact) mass is 711 g/mol. The second-order valence-corrected chi connectivity index (χ2v) is 14.5. The Kier molecular flexibility index (Phi) is 37.3. The third-order valence-electron chi connectivity index (χ3n) is 9.62. The van der Waals surface area contributed by atoms with Crippen LogP contribution in [0.4, 0.5) is 0 Å². The lowest BCUT2D eigenvalue weighted by Gasteiger charge is -2.22. The first-order chi connectivity index (χ1) is 24.5. The van der Waals surface area contributed by atoms with Crippen LogP contribution < -0.4 is 5.32 Å². The summed E-state index contributed by atoms with van der Waals surface area (Å²) in [5.41, 5.74) is 0. The van der Waals surface area contributed by atoms with Crippen molar-refractivity contribution in [2.45, 2.75) is 194 Å². The molecule has 0 fully saturated rings. The highest BCUT2D eigenvalue weighted by molar-refractivity contribution is 5.77. The Morgan fingerprint density at radius 2 is 1.00 bits per heavy atom. The molecule has 8 heteroatoms. The first kappa shape index (κ1) is 48.3. The van der Waals surface area contributed by atoms with Crippen molar-refractivity contribution >= 4 is 17.8 Å². The average Bonchev–Trinajstić information content (AvgIpc) is 3.11. The summed E-state index contributed by atoms with van der Waals surface area (Å²) in [5, 5.41) is 2.94. The van der Waals surface area contributed by atoms with Crippen molar-refractivity contribution in [2.75, 3.05) is 53.1 Å². The zero-order valence-electron chi connectivity index (χ0n) is 33.5. The van der Waals surface area contributed by atoms with Gasteiger partial charge in [0, 0.05) is 20.1 Å². The smallest absolute Gasteiger partial charge is 0.308 e. The predicted octanol–water partition coefficient (Wildman–Crippen LogP) is 10.3. The van der Waals surface area contributed by atoms with Gasteiger partial charge in [0.1, 0.15) is 6.61 Å². The number of carbonyl (C=O) groups is 3. The molecule has 0 rings (SSSR count). The number of unbranched alkanes of at least 4 members (excludes halogenated alkanes) is 18. The molecule has 0 heterocycles. The van der Waals surface area contributed by atoms with Crippen LogP contribution in [0, 0.1) is 5.92 Å². The molecule has 0 aliphatic heterocycles. The fourth-order valence-corrected chi connectivity index (χ4v) is 6.42. The van der Waals surface area contributed by atoms with E-state index in [4.69, 9.17) is 14.2 Å². The van der Waals surface area contributed by atoms with Gasteiger partial charge in [-0.25, -0.2) is 0 Å². The molecule has 296 valence electrons. The van der Waals surface area contributed by atoms with Crippen LogP contribution >= 0.6 is 0 Å². The van der Waals surface area contributed by atoms with Crippen molar-refractivity contribution in [3.05, 3.63) is 0 Å². The normalized spacial score (nSPS) is 11.9. The van der Waals surface area contributed by atoms with Crippen molar-refractivity contribution < 1.29 is 28.6 Å². The first-order valence-corrected chi connectivity index (χ1v) is 21.3. The average molecular weight is 711 g/mol. The molecule has 0 aromatic heterocycles. The molecule has 0 bridgehead atoms. The maximum Gasteiger partial charge on any atom is 0.308 e. The molecule has 50 heavy (non-hydrogen) atoms. The summed E-state index contributed by atoms with van der Waals surface area (Å²) in [5.74, 6) is 0.0203. The van der Waals surface area contributed by atoms with Gasteiger partial charge >= 0.3 is 11.9 Å². The van der Waals surface area contributed by atoms with E-state index in [2.05, 4.69) is 31.0 Å². The van der Waals surface area contributed by atoms with Gasteiger partial charge < -0.3 is 24.4 Å². The molecule has 0 aliphatic rings. The molecule has 0 aromatic carbocycles. The van der Waals surface area contributed by atoms with Crippen LogP contribution in [0.5, 0.6) is 0 Å². The lowest BCUT2D eigenvalue weighted by atomic mass is 9.95. The number of esters is 2. The first-order valence-electron chi connectivity index (χ1n) is 21.3. The predicted molar refractivity (Wildman–Crippen MR) is 208 cm³/mol. The molecule has 0 saturated carbocycles. The summed E-state index contributed by atoms with van der Waals surface area (Å²) in [4.78, 5) is 39.1.